The molecule has 0 aromatic carbocycles. The number of alkyl halides is 1. The fraction of sp³-hybridized carbons (Fsp3) is 0.667. The third kappa shape index (κ3) is 4.67. The number of rotatable bonds is 7. The first-order valence-electron chi connectivity index (χ1n) is 6.73. The van der Waals surface area contributed by atoms with Crippen molar-refractivity contribution < 1.29 is 0 Å². The molecule has 0 aliphatic rings. The van der Waals surface area contributed by atoms with E-state index >= 15 is 0 Å². The molecule has 1 aromatic rings. The van der Waals surface area contributed by atoms with Gasteiger partial charge in [0, 0.05) is 23.7 Å². The molecule has 0 spiro atoms. The van der Waals surface area contributed by atoms with E-state index in [1.807, 2.05) is 12.3 Å². The summed E-state index contributed by atoms with van der Waals surface area (Å²) in [5.41, 5.74) is 2.41. The molecular formula is C15H24ClN. The SMILES string of the molecule is CCCC(CCC)C(Cl)Cc1ncccc1C. The number of aryl methyl sites for hydroxylation is 1. The lowest BCUT2D eigenvalue weighted by Crippen LogP contribution is -2.18. The highest BCUT2D eigenvalue weighted by Crippen LogP contribution is 2.25. The molecule has 1 aromatic heterocycles. The Labute approximate surface area is 111 Å². The number of hydrogen-bond donors (Lipinski definition) is 0. The highest BCUT2D eigenvalue weighted by atomic mass is 35.5. The van der Waals surface area contributed by atoms with Gasteiger partial charge in [-0.15, -0.1) is 11.6 Å². The molecule has 0 fully saturated rings. The zero-order chi connectivity index (χ0) is 12.7. The number of nitrogens with zero attached hydrogens (tertiary/aromatic N) is 1. The lowest BCUT2D eigenvalue weighted by Gasteiger charge is -2.21. The van der Waals surface area contributed by atoms with Gasteiger partial charge in [0.2, 0.25) is 0 Å². The molecule has 1 unspecified atom stereocenters. The standard InChI is InChI=1S/C15H24ClN/c1-4-7-13(8-5-2)14(16)11-15-12(3)9-6-10-17-15/h6,9-10,13-14H,4-5,7-8,11H2,1-3H3. The topological polar surface area (TPSA) is 12.9 Å². The van der Waals surface area contributed by atoms with E-state index in [1.165, 1.54) is 31.2 Å². The van der Waals surface area contributed by atoms with Crippen molar-refractivity contribution in [2.75, 3.05) is 0 Å². The first kappa shape index (κ1) is 14.5. The monoisotopic (exact) mass is 253 g/mol. The van der Waals surface area contributed by atoms with E-state index in [-0.39, 0.29) is 5.38 Å². The summed E-state index contributed by atoms with van der Waals surface area (Å²) in [5.74, 6) is 0.632. The summed E-state index contributed by atoms with van der Waals surface area (Å²) in [7, 11) is 0. The van der Waals surface area contributed by atoms with Gasteiger partial charge in [-0.05, 0) is 37.3 Å². The molecule has 0 saturated carbocycles. The zero-order valence-electron chi connectivity index (χ0n) is 11.2. The number of hydrogen-bond acceptors (Lipinski definition) is 1. The Morgan fingerprint density at radius 2 is 1.88 bits per heavy atom. The Hall–Kier alpha value is -0.560. The molecule has 0 aliphatic heterocycles. The number of halogens is 1. The van der Waals surface area contributed by atoms with Gasteiger partial charge in [-0.3, -0.25) is 4.98 Å². The zero-order valence-corrected chi connectivity index (χ0v) is 12.0. The molecule has 1 atom stereocenters. The molecule has 17 heavy (non-hydrogen) atoms. The molecule has 0 aliphatic carbocycles. The van der Waals surface area contributed by atoms with E-state index < -0.39 is 0 Å². The summed E-state index contributed by atoms with van der Waals surface area (Å²) >= 11 is 6.57. The summed E-state index contributed by atoms with van der Waals surface area (Å²) in [4.78, 5) is 4.44. The summed E-state index contributed by atoms with van der Waals surface area (Å²) in [6, 6.07) is 4.10. The molecule has 1 nitrogen and oxygen atoms in total. The lowest BCUT2D eigenvalue weighted by atomic mass is 9.91. The van der Waals surface area contributed by atoms with Crippen LogP contribution in [0.2, 0.25) is 0 Å². The van der Waals surface area contributed by atoms with Crippen LogP contribution >= 0.6 is 11.6 Å². The van der Waals surface area contributed by atoms with Crippen molar-refractivity contribution in [1.82, 2.24) is 4.98 Å². The first-order valence-corrected chi connectivity index (χ1v) is 7.17. The van der Waals surface area contributed by atoms with Crippen LogP contribution < -0.4 is 0 Å². The van der Waals surface area contributed by atoms with Gasteiger partial charge in [0.1, 0.15) is 0 Å². The van der Waals surface area contributed by atoms with Crippen LogP contribution in [0.3, 0.4) is 0 Å². The summed E-state index contributed by atoms with van der Waals surface area (Å²) < 4.78 is 0. The largest absolute Gasteiger partial charge is 0.261 e. The second-order valence-electron chi connectivity index (χ2n) is 4.82. The van der Waals surface area contributed by atoms with Crippen molar-refractivity contribution in [1.29, 1.82) is 0 Å². The van der Waals surface area contributed by atoms with Crippen molar-refractivity contribution in [3.05, 3.63) is 29.6 Å². The maximum Gasteiger partial charge on any atom is 0.0447 e. The molecule has 0 amide bonds. The Kier molecular flexibility index (Phi) is 6.57. The van der Waals surface area contributed by atoms with Crippen LogP contribution in [0.25, 0.3) is 0 Å². The van der Waals surface area contributed by atoms with Gasteiger partial charge < -0.3 is 0 Å². The third-order valence-corrected chi connectivity index (χ3v) is 3.85. The molecule has 1 heterocycles. The average molecular weight is 254 g/mol. The molecule has 96 valence electrons. The fourth-order valence-corrected chi connectivity index (χ4v) is 2.73. The van der Waals surface area contributed by atoms with Gasteiger partial charge in [0.05, 0.1) is 0 Å². The van der Waals surface area contributed by atoms with Crippen molar-refractivity contribution in [2.24, 2.45) is 5.92 Å². The van der Waals surface area contributed by atoms with Crippen LogP contribution in [0.4, 0.5) is 0 Å². The quantitative estimate of drug-likeness (QED) is 0.639. The Bertz CT molecular complexity index is 318. The number of aromatic nitrogens is 1. The number of pyridine rings is 1. The normalized spacial score (nSPS) is 13.0. The van der Waals surface area contributed by atoms with Gasteiger partial charge in [-0.1, -0.05) is 32.8 Å². The van der Waals surface area contributed by atoms with Crippen molar-refractivity contribution in [3.63, 3.8) is 0 Å². The van der Waals surface area contributed by atoms with Gasteiger partial charge in [-0.2, -0.15) is 0 Å². The van der Waals surface area contributed by atoms with Crippen molar-refractivity contribution in [3.8, 4) is 0 Å². The summed E-state index contributed by atoms with van der Waals surface area (Å²) in [6.07, 6.45) is 7.66. The van der Waals surface area contributed by atoms with Gasteiger partial charge >= 0.3 is 0 Å². The van der Waals surface area contributed by atoms with Gasteiger partial charge in [-0.25, -0.2) is 0 Å². The lowest BCUT2D eigenvalue weighted by molar-refractivity contribution is 0.416. The van der Waals surface area contributed by atoms with Crippen LogP contribution in [0, 0.1) is 12.8 Å². The Balaban J connectivity index is 2.62. The first-order chi connectivity index (χ1) is 8.19. The van der Waals surface area contributed by atoms with Crippen LogP contribution in [0.5, 0.6) is 0 Å². The van der Waals surface area contributed by atoms with Crippen molar-refractivity contribution in [2.45, 2.75) is 58.3 Å². The van der Waals surface area contributed by atoms with E-state index in [0.29, 0.717) is 5.92 Å². The van der Waals surface area contributed by atoms with Crippen LogP contribution in [-0.2, 0) is 6.42 Å². The van der Waals surface area contributed by atoms with Crippen LogP contribution in [0.15, 0.2) is 18.3 Å². The van der Waals surface area contributed by atoms with E-state index in [9.17, 15) is 0 Å². The minimum absolute atomic E-state index is 0.225. The minimum Gasteiger partial charge on any atom is -0.261 e. The van der Waals surface area contributed by atoms with E-state index in [1.54, 1.807) is 0 Å². The second-order valence-corrected chi connectivity index (χ2v) is 5.39. The summed E-state index contributed by atoms with van der Waals surface area (Å²) in [5, 5.41) is 0.225. The van der Waals surface area contributed by atoms with E-state index in [2.05, 4.69) is 31.8 Å². The molecule has 1 rings (SSSR count). The maximum atomic E-state index is 6.57. The van der Waals surface area contributed by atoms with Crippen molar-refractivity contribution >= 4 is 11.6 Å². The highest BCUT2D eigenvalue weighted by molar-refractivity contribution is 6.20. The van der Waals surface area contributed by atoms with E-state index in [0.717, 1.165) is 12.1 Å². The summed E-state index contributed by atoms with van der Waals surface area (Å²) in [6.45, 7) is 6.58. The fourth-order valence-electron chi connectivity index (χ4n) is 2.33. The smallest absolute Gasteiger partial charge is 0.0447 e. The Morgan fingerprint density at radius 3 is 2.41 bits per heavy atom. The average Bonchev–Trinajstić information content (AvgIpc) is 2.32. The molecule has 0 saturated heterocycles. The highest BCUT2D eigenvalue weighted by Gasteiger charge is 2.19. The van der Waals surface area contributed by atoms with Crippen LogP contribution in [-0.4, -0.2) is 10.4 Å². The molecule has 2 heteroatoms. The molecule has 0 radical (unpaired) electrons. The molecule has 0 bridgehead atoms. The molecular weight excluding hydrogens is 230 g/mol. The third-order valence-electron chi connectivity index (χ3n) is 3.34. The van der Waals surface area contributed by atoms with Crippen LogP contribution in [0.1, 0.15) is 50.8 Å². The second kappa shape index (κ2) is 7.71. The predicted molar refractivity (Wildman–Crippen MR) is 75.6 cm³/mol. The molecule has 0 N–H and O–H groups in total. The van der Waals surface area contributed by atoms with Gasteiger partial charge in [0.25, 0.3) is 0 Å². The Morgan fingerprint density at radius 1 is 1.24 bits per heavy atom. The van der Waals surface area contributed by atoms with Gasteiger partial charge in [0.15, 0.2) is 0 Å². The predicted octanol–water partition coefficient (Wildman–Crippen LogP) is 4.76. The maximum absolute atomic E-state index is 6.57. The van der Waals surface area contributed by atoms with E-state index in [4.69, 9.17) is 11.6 Å². The minimum atomic E-state index is 0.225.